The van der Waals surface area contributed by atoms with Gasteiger partial charge in [0.2, 0.25) is 0 Å². The number of nitrogens with zero attached hydrogens (tertiary/aromatic N) is 1. The zero-order valence-electron chi connectivity index (χ0n) is 12.8. The summed E-state index contributed by atoms with van der Waals surface area (Å²) in [5, 5.41) is 0. The van der Waals surface area contributed by atoms with Crippen molar-refractivity contribution in [2.45, 2.75) is 51.5 Å². The number of nitrogens with two attached hydrogens (primary N) is 1. The highest BCUT2D eigenvalue weighted by atomic mass is 32.1. The summed E-state index contributed by atoms with van der Waals surface area (Å²) in [5.74, 6) is 0.515. The second kappa shape index (κ2) is 7.03. The fourth-order valence-electron chi connectivity index (χ4n) is 2.93. The molecule has 1 amide bonds. The molecule has 0 aliphatic heterocycles. The van der Waals surface area contributed by atoms with Crippen LogP contribution in [0.3, 0.4) is 0 Å². The lowest BCUT2D eigenvalue weighted by molar-refractivity contribution is 0.0714. The second-order valence-corrected chi connectivity index (χ2v) is 6.64. The van der Waals surface area contributed by atoms with Crippen molar-refractivity contribution in [2.75, 3.05) is 6.54 Å². The Morgan fingerprint density at radius 2 is 1.86 bits per heavy atom. The lowest BCUT2D eigenvalue weighted by Crippen LogP contribution is -2.43. The van der Waals surface area contributed by atoms with Crippen LogP contribution < -0.4 is 5.73 Å². The van der Waals surface area contributed by atoms with Crippen LogP contribution in [0, 0.1) is 0 Å². The van der Waals surface area contributed by atoms with Crippen molar-refractivity contribution < 1.29 is 4.79 Å². The Bertz CT molecular complexity index is 504. The fraction of sp³-hybridized carbons (Fsp3) is 0.529. The summed E-state index contributed by atoms with van der Waals surface area (Å²) < 4.78 is 0. The third-order valence-electron chi connectivity index (χ3n) is 4.18. The van der Waals surface area contributed by atoms with E-state index >= 15 is 0 Å². The van der Waals surface area contributed by atoms with Crippen molar-refractivity contribution in [2.24, 2.45) is 5.73 Å². The minimum absolute atomic E-state index is 0.0463. The summed E-state index contributed by atoms with van der Waals surface area (Å²) >= 11 is 5.02. The summed E-state index contributed by atoms with van der Waals surface area (Å²) in [6, 6.07) is 8.18. The summed E-state index contributed by atoms with van der Waals surface area (Å²) in [6.45, 7) is 4.67. The van der Waals surface area contributed by atoms with Gasteiger partial charge >= 0.3 is 0 Å². The largest absolute Gasteiger partial charge is 0.392 e. The number of amides is 1. The first-order chi connectivity index (χ1) is 9.99. The molecule has 3 nitrogen and oxygen atoms in total. The van der Waals surface area contributed by atoms with E-state index in [2.05, 4.69) is 13.8 Å². The zero-order chi connectivity index (χ0) is 15.4. The van der Waals surface area contributed by atoms with Crippen molar-refractivity contribution in [3.8, 4) is 0 Å². The Morgan fingerprint density at radius 1 is 1.29 bits per heavy atom. The first-order valence-corrected chi connectivity index (χ1v) is 8.09. The molecule has 0 atom stereocenters. The van der Waals surface area contributed by atoms with Crippen molar-refractivity contribution >= 4 is 23.1 Å². The molecule has 114 valence electrons. The minimum atomic E-state index is 0.0463. The van der Waals surface area contributed by atoms with Crippen molar-refractivity contribution in [3.63, 3.8) is 0 Å². The Balaban J connectivity index is 2.18. The van der Waals surface area contributed by atoms with Crippen LogP contribution >= 0.6 is 12.2 Å². The number of rotatable bonds is 5. The molecule has 2 N–H and O–H groups in total. The first kappa shape index (κ1) is 16.0. The molecule has 1 fully saturated rings. The summed E-state index contributed by atoms with van der Waals surface area (Å²) in [6.07, 6.45) is 4.47. The van der Waals surface area contributed by atoms with Gasteiger partial charge in [-0.2, -0.15) is 0 Å². The lowest BCUT2D eigenvalue weighted by atomic mass is 10.0. The van der Waals surface area contributed by atoms with E-state index in [0.29, 0.717) is 17.5 Å². The molecular weight excluding hydrogens is 280 g/mol. The highest BCUT2D eigenvalue weighted by Gasteiger charge is 2.27. The molecule has 0 unspecified atom stereocenters. The molecule has 0 heterocycles. The Morgan fingerprint density at radius 3 is 2.33 bits per heavy atom. The van der Waals surface area contributed by atoms with Gasteiger partial charge in [0, 0.05) is 11.6 Å². The van der Waals surface area contributed by atoms with Gasteiger partial charge in [-0.25, -0.2) is 0 Å². The fourth-order valence-corrected chi connectivity index (χ4v) is 3.07. The van der Waals surface area contributed by atoms with E-state index in [4.69, 9.17) is 18.0 Å². The van der Waals surface area contributed by atoms with E-state index in [0.717, 1.165) is 18.4 Å². The molecule has 0 bridgehead atoms. The number of hydrogen-bond acceptors (Lipinski definition) is 2. The number of thiocarbonyl (C=S) groups is 1. The van der Waals surface area contributed by atoms with Crippen LogP contribution in [0.15, 0.2) is 24.3 Å². The summed E-state index contributed by atoms with van der Waals surface area (Å²) in [5.41, 5.74) is 7.65. The van der Waals surface area contributed by atoms with Crippen LogP contribution in [-0.4, -0.2) is 28.4 Å². The maximum Gasteiger partial charge on any atom is 0.254 e. The standard InChI is InChI=1S/C17H24N2OS/c1-12(2)13-7-9-14(10-8-13)17(20)19(11-16(18)21)15-5-3-4-6-15/h7-10,12,15H,3-6,11H2,1-2H3,(H2,18,21). The van der Waals surface area contributed by atoms with E-state index in [1.807, 2.05) is 29.2 Å². The van der Waals surface area contributed by atoms with Crippen LogP contribution in [0.5, 0.6) is 0 Å². The zero-order valence-corrected chi connectivity index (χ0v) is 13.7. The van der Waals surface area contributed by atoms with Crippen LogP contribution in [0.25, 0.3) is 0 Å². The van der Waals surface area contributed by atoms with Gasteiger partial charge in [0.15, 0.2) is 0 Å². The van der Waals surface area contributed by atoms with Crippen LogP contribution in [0.1, 0.15) is 61.4 Å². The van der Waals surface area contributed by atoms with E-state index in [-0.39, 0.29) is 11.9 Å². The molecule has 1 aliphatic rings. The number of carbonyl (C=O) groups excluding carboxylic acids is 1. The van der Waals surface area contributed by atoms with Gasteiger partial charge < -0.3 is 10.6 Å². The molecule has 0 radical (unpaired) electrons. The van der Waals surface area contributed by atoms with Crippen LogP contribution in [0.2, 0.25) is 0 Å². The molecule has 4 heteroatoms. The average Bonchev–Trinajstić information content (AvgIpc) is 2.98. The molecule has 0 aromatic heterocycles. The van der Waals surface area contributed by atoms with E-state index < -0.39 is 0 Å². The minimum Gasteiger partial charge on any atom is -0.392 e. The van der Waals surface area contributed by atoms with E-state index in [1.54, 1.807) is 0 Å². The second-order valence-electron chi connectivity index (χ2n) is 6.11. The van der Waals surface area contributed by atoms with Crippen molar-refractivity contribution in [1.82, 2.24) is 4.90 Å². The number of benzene rings is 1. The highest BCUT2D eigenvalue weighted by Crippen LogP contribution is 2.25. The van der Waals surface area contributed by atoms with E-state index in [9.17, 15) is 4.79 Å². The Labute approximate surface area is 132 Å². The van der Waals surface area contributed by atoms with Gasteiger partial charge in [-0.05, 0) is 36.5 Å². The summed E-state index contributed by atoms with van der Waals surface area (Å²) in [7, 11) is 0. The van der Waals surface area contributed by atoms with Gasteiger partial charge in [0.05, 0.1) is 11.5 Å². The average molecular weight is 304 g/mol. The predicted molar refractivity (Wildman–Crippen MR) is 90.6 cm³/mol. The third kappa shape index (κ3) is 4.03. The maximum atomic E-state index is 12.8. The van der Waals surface area contributed by atoms with Crippen molar-refractivity contribution in [3.05, 3.63) is 35.4 Å². The van der Waals surface area contributed by atoms with Gasteiger partial charge in [0.1, 0.15) is 0 Å². The molecule has 1 aliphatic carbocycles. The Hall–Kier alpha value is -1.42. The molecule has 1 saturated carbocycles. The van der Waals surface area contributed by atoms with Crippen molar-refractivity contribution in [1.29, 1.82) is 0 Å². The smallest absolute Gasteiger partial charge is 0.254 e. The number of carbonyl (C=O) groups is 1. The molecule has 1 aromatic carbocycles. The molecule has 21 heavy (non-hydrogen) atoms. The molecule has 2 rings (SSSR count). The van der Waals surface area contributed by atoms with Crippen LogP contribution in [-0.2, 0) is 0 Å². The normalized spacial score (nSPS) is 15.4. The lowest BCUT2D eigenvalue weighted by Gasteiger charge is -2.28. The van der Waals surface area contributed by atoms with Gasteiger partial charge in [-0.1, -0.05) is 51.0 Å². The number of hydrogen-bond donors (Lipinski definition) is 1. The quantitative estimate of drug-likeness (QED) is 0.847. The summed E-state index contributed by atoms with van der Waals surface area (Å²) in [4.78, 5) is 15.0. The predicted octanol–water partition coefficient (Wildman–Crippen LogP) is 3.48. The van der Waals surface area contributed by atoms with Gasteiger partial charge in [0.25, 0.3) is 5.91 Å². The highest BCUT2D eigenvalue weighted by molar-refractivity contribution is 7.80. The van der Waals surface area contributed by atoms with Gasteiger partial charge in [-0.15, -0.1) is 0 Å². The maximum absolute atomic E-state index is 12.8. The molecule has 0 saturated heterocycles. The van der Waals surface area contributed by atoms with Gasteiger partial charge in [-0.3, -0.25) is 4.79 Å². The topological polar surface area (TPSA) is 46.3 Å². The first-order valence-electron chi connectivity index (χ1n) is 7.68. The molecule has 1 aromatic rings. The van der Waals surface area contributed by atoms with E-state index in [1.165, 1.54) is 18.4 Å². The SMILES string of the molecule is CC(C)c1ccc(C(=O)N(CC(N)=S)C2CCCC2)cc1. The Kier molecular flexibility index (Phi) is 5.34. The van der Waals surface area contributed by atoms with Crippen LogP contribution in [0.4, 0.5) is 0 Å². The monoisotopic (exact) mass is 304 g/mol. The third-order valence-corrected chi connectivity index (χ3v) is 4.31. The molecular formula is C17H24N2OS. The molecule has 0 spiro atoms.